The van der Waals surface area contributed by atoms with Gasteiger partial charge in [-0.2, -0.15) is 0 Å². The number of ether oxygens (including phenoxy) is 1. The second-order valence-electron chi connectivity index (χ2n) is 7.66. The van der Waals surface area contributed by atoms with Crippen molar-refractivity contribution in [2.24, 2.45) is 0 Å². The predicted molar refractivity (Wildman–Crippen MR) is 128 cm³/mol. The Morgan fingerprint density at radius 1 is 0.939 bits per heavy atom. The minimum Gasteiger partial charge on any atom is -0.506 e. The lowest BCUT2D eigenvalue weighted by Crippen LogP contribution is -2.41. The van der Waals surface area contributed by atoms with Crippen molar-refractivity contribution in [1.82, 2.24) is 5.32 Å². The number of carbonyl (C=O) groups excluding carboxylic acids is 2. The standard InChI is InChI=1S/C25H26N4O4/c1-33-20-12-8-18(9-13-20)24(31)27-21-4-2-5-22(30)23(21)28-25(32)17-6-10-19(11-7-17)29-15-3-14-26-16-29/h2,4-13,26,30H,3,14-16H2,1H3,(H,27,31)(H,28,32). The van der Waals surface area contributed by atoms with Gasteiger partial charge in [0.2, 0.25) is 0 Å². The summed E-state index contributed by atoms with van der Waals surface area (Å²) < 4.78 is 5.11. The Morgan fingerprint density at radius 3 is 2.24 bits per heavy atom. The summed E-state index contributed by atoms with van der Waals surface area (Å²) in [7, 11) is 1.55. The quantitative estimate of drug-likeness (QED) is 0.431. The monoisotopic (exact) mass is 446 g/mol. The lowest BCUT2D eigenvalue weighted by molar-refractivity contribution is 0.101. The van der Waals surface area contributed by atoms with Crippen LogP contribution in [0.15, 0.2) is 66.7 Å². The van der Waals surface area contributed by atoms with E-state index >= 15 is 0 Å². The van der Waals surface area contributed by atoms with Gasteiger partial charge >= 0.3 is 0 Å². The number of methoxy groups -OCH3 is 1. The molecule has 0 unspecified atom stereocenters. The van der Waals surface area contributed by atoms with Gasteiger partial charge in [-0.3, -0.25) is 14.9 Å². The van der Waals surface area contributed by atoms with E-state index in [2.05, 4.69) is 20.9 Å². The second kappa shape index (κ2) is 10.1. The summed E-state index contributed by atoms with van der Waals surface area (Å²) in [6.45, 7) is 2.75. The van der Waals surface area contributed by atoms with Crippen molar-refractivity contribution in [3.63, 3.8) is 0 Å². The van der Waals surface area contributed by atoms with Crippen molar-refractivity contribution >= 4 is 28.9 Å². The van der Waals surface area contributed by atoms with Gasteiger partial charge in [0.05, 0.1) is 19.5 Å². The fourth-order valence-corrected chi connectivity index (χ4v) is 3.63. The van der Waals surface area contributed by atoms with Crippen LogP contribution in [0.2, 0.25) is 0 Å². The first kappa shape index (κ1) is 22.2. The maximum atomic E-state index is 12.9. The average molecular weight is 447 g/mol. The number of para-hydroxylation sites is 1. The van der Waals surface area contributed by atoms with Gasteiger partial charge in [0.1, 0.15) is 17.2 Å². The van der Waals surface area contributed by atoms with Crippen LogP contribution in [0.1, 0.15) is 27.1 Å². The van der Waals surface area contributed by atoms with Crippen molar-refractivity contribution in [2.75, 3.05) is 42.4 Å². The number of phenolic OH excluding ortho intramolecular Hbond substituents is 1. The van der Waals surface area contributed by atoms with Crippen LogP contribution in [-0.2, 0) is 0 Å². The van der Waals surface area contributed by atoms with Gasteiger partial charge in [-0.05, 0) is 73.6 Å². The molecule has 8 heteroatoms. The van der Waals surface area contributed by atoms with Crippen molar-refractivity contribution in [3.8, 4) is 11.5 Å². The third-order valence-corrected chi connectivity index (χ3v) is 5.46. The van der Waals surface area contributed by atoms with Crippen LogP contribution in [0, 0.1) is 0 Å². The molecule has 1 heterocycles. The number of aromatic hydroxyl groups is 1. The molecule has 3 aromatic rings. The summed E-state index contributed by atoms with van der Waals surface area (Å²) in [4.78, 5) is 27.7. The molecular weight excluding hydrogens is 420 g/mol. The zero-order valence-electron chi connectivity index (χ0n) is 18.3. The molecule has 0 radical (unpaired) electrons. The minimum absolute atomic E-state index is 0.133. The van der Waals surface area contributed by atoms with Crippen LogP contribution < -0.4 is 25.6 Å². The van der Waals surface area contributed by atoms with Crippen molar-refractivity contribution < 1.29 is 19.4 Å². The number of hydrogen-bond donors (Lipinski definition) is 4. The molecule has 8 nitrogen and oxygen atoms in total. The molecule has 3 aromatic carbocycles. The zero-order valence-corrected chi connectivity index (χ0v) is 18.3. The number of rotatable bonds is 6. The van der Waals surface area contributed by atoms with Crippen molar-refractivity contribution in [1.29, 1.82) is 0 Å². The molecule has 0 atom stereocenters. The number of nitrogens with one attached hydrogen (secondary N) is 3. The Labute approximate surface area is 192 Å². The third-order valence-electron chi connectivity index (χ3n) is 5.46. The minimum atomic E-state index is -0.389. The highest BCUT2D eigenvalue weighted by Gasteiger charge is 2.17. The third kappa shape index (κ3) is 5.24. The molecule has 4 N–H and O–H groups in total. The van der Waals surface area contributed by atoms with E-state index in [1.54, 1.807) is 55.6 Å². The molecular formula is C25H26N4O4. The number of anilines is 3. The molecule has 1 aliphatic heterocycles. The number of amides is 2. The highest BCUT2D eigenvalue weighted by molar-refractivity contribution is 6.11. The van der Waals surface area contributed by atoms with Crippen LogP contribution in [0.3, 0.4) is 0 Å². The van der Waals surface area contributed by atoms with E-state index < -0.39 is 0 Å². The first-order valence-corrected chi connectivity index (χ1v) is 10.7. The number of hydrogen-bond acceptors (Lipinski definition) is 6. The van der Waals surface area contributed by atoms with Crippen LogP contribution in [0.4, 0.5) is 17.1 Å². The van der Waals surface area contributed by atoms with Gasteiger partial charge < -0.3 is 25.4 Å². The maximum absolute atomic E-state index is 12.9. The Bertz CT molecular complexity index is 1120. The topological polar surface area (TPSA) is 103 Å². The fourth-order valence-electron chi connectivity index (χ4n) is 3.63. The molecule has 1 saturated heterocycles. The van der Waals surface area contributed by atoms with Crippen LogP contribution in [-0.4, -0.2) is 43.8 Å². The average Bonchev–Trinajstić information content (AvgIpc) is 2.86. The van der Waals surface area contributed by atoms with Crippen molar-refractivity contribution in [2.45, 2.75) is 6.42 Å². The fraction of sp³-hybridized carbons (Fsp3) is 0.200. The lowest BCUT2D eigenvalue weighted by Gasteiger charge is -2.29. The van der Waals surface area contributed by atoms with Gasteiger partial charge in [-0.15, -0.1) is 0 Å². The molecule has 0 bridgehead atoms. The molecule has 0 saturated carbocycles. The van der Waals surface area contributed by atoms with E-state index in [4.69, 9.17) is 4.74 Å². The Hall–Kier alpha value is -4.04. The van der Waals surface area contributed by atoms with E-state index in [0.29, 0.717) is 22.6 Å². The zero-order chi connectivity index (χ0) is 23.2. The van der Waals surface area contributed by atoms with E-state index in [1.165, 1.54) is 6.07 Å². The van der Waals surface area contributed by atoms with Gasteiger partial charge in [-0.25, -0.2) is 0 Å². The van der Waals surface area contributed by atoms with Gasteiger partial charge in [0.15, 0.2) is 0 Å². The van der Waals surface area contributed by atoms with Crippen LogP contribution >= 0.6 is 0 Å². The summed E-state index contributed by atoms with van der Waals surface area (Å²) >= 11 is 0. The molecule has 0 aromatic heterocycles. The maximum Gasteiger partial charge on any atom is 0.255 e. The number of phenols is 1. The largest absolute Gasteiger partial charge is 0.506 e. The lowest BCUT2D eigenvalue weighted by atomic mass is 10.1. The smallest absolute Gasteiger partial charge is 0.255 e. The van der Waals surface area contributed by atoms with E-state index in [9.17, 15) is 14.7 Å². The molecule has 0 aliphatic carbocycles. The molecule has 1 fully saturated rings. The number of nitrogens with zero attached hydrogens (tertiary/aromatic N) is 1. The highest BCUT2D eigenvalue weighted by Crippen LogP contribution is 2.32. The van der Waals surface area contributed by atoms with E-state index in [-0.39, 0.29) is 23.3 Å². The molecule has 0 spiro atoms. The highest BCUT2D eigenvalue weighted by atomic mass is 16.5. The van der Waals surface area contributed by atoms with Crippen LogP contribution in [0.5, 0.6) is 11.5 Å². The van der Waals surface area contributed by atoms with E-state index in [1.807, 2.05) is 12.1 Å². The first-order chi connectivity index (χ1) is 16.0. The molecule has 33 heavy (non-hydrogen) atoms. The second-order valence-corrected chi connectivity index (χ2v) is 7.66. The van der Waals surface area contributed by atoms with Gasteiger partial charge in [0, 0.05) is 23.4 Å². The Morgan fingerprint density at radius 2 is 1.61 bits per heavy atom. The van der Waals surface area contributed by atoms with Crippen LogP contribution in [0.25, 0.3) is 0 Å². The SMILES string of the molecule is COc1ccc(C(=O)Nc2cccc(O)c2NC(=O)c2ccc(N3CCCNC3)cc2)cc1. The van der Waals surface area contributed by atoms with Crippen molar-refractivity contribution in [3.05, 3.63) is 77.9 Å². The summed E-state index contributed by atoms with van der Waals surface area (Å²) in [6, 6.07) is 18.6. The summed E-state index contributed by atoms with van der Waals surface area (Å²) in [5.41, 5.74) is 2.32. The normalized spacial score (nSPS) is 13.3. The molecule has 4 rings (SSSR count). The van der Waals surface area contributed by atoms with E-state index in [0.717, 1.165) is 31.9 Å². The van der Waals surface area contributed by atoms with Gasteiger partial charge in [0.25, 0.3) is 11.8 Å². The summed E-state index contributed by atoms with van der Waals surface area (Å²) in [6.07, 6.45) is 1.07. The summed E-state index contributed by atoms with van der Waals surface area (Å²) in [5, 5.41) is 19.1. The summed E-state index contributed by atoms with van der Waals surface area (Å²) in [5.74, 6) is -0.274. The Balaban J connectivity index is 1.48. The molecule has 170 valence electrons. The predicted octanol–water partition coefficient (Wildman–Crippen LogP) is 3.66. The molecule has 2 amide bonds. The molecule has 1 aliphatic rings. The Kier molecular flexibility index (Phi) is 6.75. The number of benzene rings is 3. The first-order valence-electron chi connectivity index (χ1n) is 10.7. The van der Waals surface area contributed by atoms with Gasteiger partial charge in [-0.1, -0.05) is 6.07 Å². The number of carbonyl (C=O) groups is 2.